The Balaban J connectivity index is 1.71. The summed E-state index contributed by atoms with van der Waals surface area (Å²) in [5.74, 6) is 1.26. The van der Waals surface area contributed by atoms with Crippen molar-refractivity contribution < 1.29 is 4.79 Å². The van der Waals surface area contributed by atoms with E-state index in [2.05, 4.69) is 29.4 Å². The molecule has 1 N–H and O–H groups in total. The molecule has 8 heteroatoms. The lowest BCUT2D eigenvalue weighted by Crippen LogP contribution is -2.24. The third kappa shape index (κ3) is 5.98. The SMILES string of the molecule is CC(C)Cn1c(SCC(=O)NCc2ccccc2)nnc1-c1ccc(Cl)cc1Cl. The van der Waals surface area contributed by atoms with Crippen LogP contribution in [-0.2, 0) is 17.9 Å². The van der Waals surface area contributed by atoms with Gasteiger partial charge >= 0.3 is 0 Å². The van der Waals surface area contributed by atoms with Crippen molar-refractivity contribution in [2.75, 3.05) is 5.75 Å². The maximum absolute atomic E-state index is 12.3. The zero-order chi connectivity index (χ0) is 20.8. The van der Waals surface area contributed by atoms with Gasteiger partial charge in [-0.25, -0.2) is 0 Å². The molecule has 1 amide bonds. The van der Waals surface area contributed by atoms with E-state index in [0.717, 1.165) is 17.7 Å². The number of rotatable bonds is 8. The van der Waals surface area contributed by atoms with Gasteiger partial charge in [-0.3, -0.25) is 4.79 Å². The second-order valence-electron chi connectivity index (χ2n) is 6.99. The van der Waals surface area contributed by atoms with E-state index in [9.17, 15) is 4.79 Å². The number of carbonyl (C=O) groups excluding carboxylic acids is 1. The smallest absolute Gasteiger partial charge is 0.230 e. The van der Waals surface area contributed by atoms with E-state index in [-0.39, 0.29) is 11.7 Å². The minimum Gasteiger partial charge on any atom is -0.351 e. The van der Waals surface area contributed by atoms with Gasteiger partial charge < -0.3 is 9.88 Å². The molecule has 0 spiro atoms. The molecule has 2 aromatic carbocycles. The molecule has 1 heterocycles. The van der Waals surface area contributed by atoms with Gasteiger partial charge in [-0.2, -0.15) is 0 Å². The molecular formula is C21H22Cl2N4OS. The standard InChI is InChI=1S/C21H22Cl2N4OS/c1-14(2)12-27-20(17-9-8-16(22)10-18(17)23)25-26-21(27)29-13-19(28)24-11-15-6-4-3-5-7-15/h3-10,14H,11-13H2,1-2H3,(H,24,28). The fraction of sp³-hybridized carbons (Fsp3) is 0.286. The van der Waals surface area contributed by atoms with Gasteiger partial charge in [0.2, 0.25) is 5.91 Å². The number of thioether (sulfide) groups is 1. The fourth-order valence-electron chi connectivity index (χ4n) is 2.77. The largest absolute Gasteiger partial charge is 0.351 e. The maximum atomic E-state index is 12.3. The van der Waals surface area contributed by atoms with Gasteiger partial charge in [-0.15, -0.1) is 10.2 Å². The summed E-state index contributed by atoms with van der Waals surface area (Å²) in [6.07, 6.45) is 0. The zero-order valence-corrected chi connectivity index (χ0v) is 18.6. The topological polar surface area (TPSA) is 59.8 Å². The van der Waals surface area contributed by atoms with Crippen molar-refractivity contribution in [3.8, 4) is 11.4 Å². The molecule has 0 saturated carbocycles. The van der Waals surface area contributed by atoms with Crippen molar-refractivity contribution in [3.05, 3.63) is 64.1 Å². The van der Waals surface area contributed by atoms with Gasteiger partial charge in [0.1, 0.15) is 0 Å². The Morgan fingerprint density at radius 2 is 1.90 bits per heavy atom. The van der Waals surface area contributed by atoms with E-state index in [0.29, 0.717) is 33.5 Å². The number of halogens is 2. The van der Waals surface area contributed by atoms with Gasteiger partial charge in [0.05, 0.1) is 10.8 Å². The number of hydrogen-bond acceptors (Lipinski definition) is 4. The minimum absolute atomic E-state index is 0.0518. The van der Waals surface area contributed by atoms with Crippen LogP contribution in [0.25, 0.3) is 11.4 Å². The van der Waals surface area contributed by atoms with Crippen LogP contribution < -0.4 is 5.32 Å². The molecule has 0 aliphatic rings. The first kappa shape index (κ1) is 21.7. The number of nitrogens with zero attached hydrogens (tertiary/aromatic N) is 3. The summed E-state index contributed by atoms with van der Waals surface area (Å²) < 4.78 is 2.01. The molecule has 3 rings (SSSR count). The Labute approximate surface area is 184 Å². The van der Waals surface area contributed by atoms with E-state index >= 15 is 0 Å². The van der Waals surface area contributed by atoms with Gasteiger partial charge in [0.15, 0.2) is 11.0 Å². The van der Waals surface area contributed by atoms with Gasteiger partial charge in [0.25, 0.3) is 0 Å². The molecule has 0 bridgehead atoms. The lowest BCUT2D eigenvalue weighted by atomic mass is 10.2. The molecule has 0 aliphatic heterocycles. The molecule has 0 aliphatic carbocycles. The van der Waals surface area contributed by atoms with Crippen molar-refractivity contribution >= 4 is 40.9 Å². The Bertz CT molecular complexity index is 976. The highest BCUT2D eigenvalue weighted by Crippen LogP contribution is 2.32. The summed E-state index contributed by atoms with van der Waals surface area (Å²) in [6.45, 7) is 5.46. The van der Waals surface area contributed by atoms with E-state index in [1.807, 2.05) is 41.0 Å². The Morgan fingerprint density at radius 1 is 1.14 bits per heavy atom. The molecule has 3 aromatic rings. The molecule has 0 unspecified atom stereocenters. The molecule has 0 saturated heterocycles. The summed E-state index contributed by atoms with van der Waals surface area (Å²) >= 11 is 13.8. The molecule has 0 radical (unpaired) electrons. The summed E-state index contributed by atoms with van der Waals surface area (Å²) in [7, 11) is 0. The Hall–Kier alpha value is -2.02. The van der Waals surface area contributed by atoms with Crippen LogP contribution >= 0.6 is 35.0 Å². The maximum Gasteiger partial charge on any atom is 0.230 e. The van der Waals surface area contributed by atoms with E-state index in [1.54, 1.807) is 12.1 Å². The van der Waals surface area contributed by atoms with Crippen LogP contribution in [0.4, 0.5) is 0 Å². The van der Waals surface area contributed by atoms with Crippen molar-refractivity contribution in [3.63, 3.8) is 0 Å². The number of amides is 1. The van der Waals surface area contributed by atoms with Crippen molar-refractivity contribution in [1.29, 1.82) is 0 Å². The van der Waals surface area contributed by atoms with Crippen LogP contribution in [0.3, 0.4) is 0 Å². The van der Waals surface area contributed by atoms with Crippen LogP contribution in [-0.4, -0.2) is 26.4 Å². The number of benzene rings is 2. The number of hydrogen-bond donors (Lipinski definition) is 1. The highest BCUT2D eigenvalue weighted by atomic mass is 35.5. The van der Waals surface area contributed by atoms with Crippen LogP contribution in [0, 0.1) is 5.92 Å². The predicted octanol–water partition coefficient (Wildman–Crippen LogP) is 5.32. The van der Waals surface area contributed by atoms with Crippen LogP contribution in [0.2, 0.25) is 10.0 Å². The molecule has 0 fully saturated rings. The monoisotopic (exact) mass is 448 g/mol. The number of aromatic nitrogens is 3. The van der Waals surface area contributed by atoms with E-state index < -0.39 is 0 Å². The summed E-state index contributed by atoms with van der Waals surface area (Å²) in [5, 5.41) is 13.3. The molecule has 0 atom stereocenters. The zero-order valence-electron chi connectivity index (χ0n) is 16.2. The molecule has 29 heavy (non-hydrogen) atoms. The summed E-state index contributed by atoms with van der Waals surface area (Å²) in [4.78, 5) is 12.3. The van der Waals surface area contributed by atoms with E-state index in [1.165, 1.54) is 11.8 Å². The second-order valence-corrected chi connectivity index (χ2v) is 8.77. The highest BCUT2D eigenvalue weighted by Gasteiger charge is 2.18. The fourth-order valence-corrected chi connectivity index (χ4v) is 4.04. The third-order valence-corrected chi connectivity index (χ3v) is 5.62. The average Bonchev–Trinajstić information content (AvgIpc) is 3.07. The van der Waals surface area contributed by atoms with Crippen molar-refractivity contribution in [1.82, 2.24) is 20.1 Å². The first-order chi connectivity index (χ1) is 13.9. The molecule has 1 aromatic heterocycles. The minimum atomic E-state index is -0.0518. The highest BCUT2D eigenvalue weighted by molar-refractivity contribution is 7.99. The van der Waals surface area contributed by atoms with Crippen LogP contribution in [0.15, 0.2) is 53.7 Å². The van der Waals surface area contributed by atoms with Crippen molar-refractivity contribution in [2.24, 2.45) is 5.92 Å². The Kier molecular flexibility index (Phi) is 7.58. The molecule has 152 valence electrons. The van der Waals surface area contributed by atoms with Gasteiger partial charge in [-0.1, -0.05) is 79.1 Å². The van der Waals surface area contributed by atoms with Gasteiger partial charge in [-0.05, 0) is 29.7 Å². The van der Waals surface area contributed by atoms with Crippen molar-refractivity contribution in [2.45, 2.75) is 32.1 Å². The Morgan fingerprint density at radius 3 is 2.59 bits per heavy atom. The quantitative estimate of drug-likeness (QED) is 0.473. The second kappa shape index (κ2) is 10.1. The lowest BCUT2D eigenvalue weighted by molar-refractivity contribution is -0.118. The summed E-state index contributed by atoms with van der Waals surface area (Å²) in [5.41, 5.74) is 1.83. The first-order valence-corrected chi connectivity index (χ1v) is 11.0. The third-order valence-electron chi connectivity index (χ3n) is 4.10. The normalized spacial score (nSPS) is 11.1. The lowest BCUT2D eigenvalue weighted by Gasteiger charge is -2.13. The average molecular weight is 449 g/mol. The molecular weight excluding hydrogens is 427 g/mol. The summed E-state index contributed by atoms with van der Waals surface area (Å²) in [6, 6.07) is 15.1. The van der Waals surface area contributed by atoms with Gasteiger partial charge in [0, 0.05) is 23.7 Å². The van der Waals surface area contributed by atoms with E-state index in [4.69, 9.17) is 23.2 Å². The predicted molar refractivity (Wildman–Crippen MR) is 119 cm³/mol. The molecule has 5 nitrogen and oxygen atoms in total. The van der Waals surface area contributed by atoms with Crippen LogP contribution in [0.1, 0.15) is 19.4 Å². The number of nitrogens with one attached hydrogen (secondary N) is 1. The first-order valence-electron chi connectivity index (χ1n) is 9.26. The van der Waals surface area contributed by atoms with Crippen LogP contribution in [0.5, 0.6) is 0 Å². The number of carbonyl (C=O) groups is 1.